The number of likely N-dealkylation sites (tertiary alicyclic amines) is 1. The lowest BCUT2D eigenvalue weighted by Crippen LogP contribution is -2.40. The molecule has 1 spiro atoms. The van der Waals surface area contributed by atoms with Crippen molar-refractivity contribution in [2.75, 3.05) is 42.9 Å². The van der Waals surface area contributed by atoms with E-state index in [4.69, 9.17) is 10.7 Å². The lowest BCUT2D eigenvalue weighted by Gasteiger charge is -2.20. The Morgan fingerprint density at radius 1 is 1.14 bits per heavy atom. The van der Waals surface area contributed by atoms with Crippen LogP contribution < -0.4 is 21.3 Å². The number of nitrogens with zero attached hydrogens (tertiary/aromatic N) is 3. The third-order valence-corrected chi connectivity index (χ3v) is 7.64. The molecule has 1 saturated carbocycles. The maximum absolute atomic E-state index is 12.1. The van der Waals surface area contributed by atoms with Gasteiger partial charge in [0.25, 0.3) is 5.91 Å². The van der Waals surface area contributed by atoms with Gasteiger partial charge in [0.2, 0.25) is 5.91 Å². The van der Waals surface area contributed by atoms with Crippen LogP contribution in [0.1, 0.15) is 41.6 Å². The summed E-state index contributed by atoms with van der Waals surface area (Å²) >= 11 is 0. The van der Waals surface area contributed by atoms with E-state index in [1.165, 1.54) is 37.6 Å². The van der Waals surface area contributed by atoms with Gasteiger partial charge in [-0.15, -0.1) is 0 Å². The number of hydrogen-bond donors (Lipinski definition) is 3. The van der Waals surface area contributed by atoms with Gasteiger partial charge in [0, 0.05) is 30.7 Å². The van der Waals surface area contributed by atoms with Crippen molar-refractivity contribution in [2.45, 2.75) is 38.1 Å². The summed E-state index contributed by atoms with van der Waals surface area (Å²) in [7, 11) is 0. The number of amides is 2. The van der Waals surface area contributed by atoms with Gasteiger partial charge in [0.1, 0.15) is 11.6 Å². The number of nitrogens with two attached hydrogens (primary N) is 1. The number of anilines is 3. The number of carbonyl (C=O) groups is 2. The van der Waals surface area contributed by atoms with Crippen LogP contribution >= 0.6 is 0 Å². The fourth-order valence-electron chi connectivity index (χ4n) is 5.34. The number of carbonyl (C=O) groups excluding carboxylic acids is 2. The third kappa shape index (κ3) is 5.17. The molecule has 35 heavy (non-hydrogen) atoms. The smallest absolute Gasteiger partial charge is 0.252 e. The number of nitrogens with one attached hydrogen (secondary N) is 2. The topological polar surface area (TPSA) is 104 Å². The molecule has 1 atom stereocenters. The minimum atomic E-state index is -0.523. The van der Waals surface area contributed by atoms with Crippen LogP contribution in [0.25, 0.3) is 0 Å². The fraction of sp³-hybridized carbons (Fsp3) is 0.444. The van der Waals surface area contributed by atoms with Crippen molar-refractivity contribution in [1.82, 2.24) is 15.2 Å². The van der Waals surface area contributed by atoms with E-state index in [0.29, 0.717) is 17.9 Å². The molecular weight excluding hydrogens is 440 g/mol. The number of aromatic nitrogens is 1. The molecule has 1 aromatic carbocycles. The average Bonchev–Trinajstić information content (AvgIpc) is 3.28. The van der Waals surface area contributed by atoms with Crippen LogP contribution in [-0.2, 0) is 11.2 Å². The third-order valence-electron chi connectivity index (χ3n) is 7.64. The molecule has 1 aromatic heterocycles. The van der Waals surface area contributed by atoms with Crippen molar-refractivity contribution in [3.8, 4) is 0 Å². The van der Waals surface area contributed by atoms with Crippen LogP contribution in [0, 0.1) is 5.41 Å². The van der Waals surface area contributed by atoms with E-state index in [1.807, 2.05) is 18.2 Å². The van der Waals surface area contributed by atoms with E-state index < -0.39 is 5.91 Å². The lowest BCUT2D eigenvalue weighted by molar-refractivity contribution is -0.117. The first kappa shape index (κ1) is 23.4. The summed E-state index contributed by atoms with van der Waals surface area (Å²) in [5, 5.41) is 6.38. The molecule has 0 radical (unpaired) electrons. The average molecular weight is 475 g/mol. The van der Waals surface area contributed by atoms with E-state index in [-0.39, 0.29) is 17.4 Å². The molecule has 2 aliphatic heterocycles. The summed E-state index contributed by atoms with van der Waals surface area (Å²) in [5.41, 5.74) is 8.25. The molecule has 3 fully saturated rings. The highest BCUT2D eigenvalue weighted by Crippen LogP contribution is 2.53. The van der Waals surface area contributed by atoms with Gasteiger partial charge in [-0.3, -0.25) is 9.59 Å². The zero-order valence-electron chi connectivity index (χ0n) is 20.1. The van der Waals surface area contributed by atoms with Crippen molar-refractivity contribution in [3.05, 3.63) is 60.2 Å². The van der Waals surface area contributed by atoms with Gasteiger partial charge in [0.15, 0.2) is 0 Å². The highest BCUT2D eigenvalue weighted by atomic mass is 16.1. The molecule has 184 valence electrons. The number of pyridine rings is 1. The molecule has 0 bridgehead atoms. The molecule has 3 heterocycles. The SMILES string of the molecule is C=CC(=O)N[C@@H]1CN(c2ccc(C(N)=O)c(Nc3ccc(CCN4CCCC4)cc3)n2)CC12CC2. The first-order chi connectivity index (χ1) is 17.0. The number of hydrogen-bond acceptors (Lipinski definition) is 6. The summed E-state index contributed by atoms with van der Waals surface area (Å²) < 4.78 is 0. The van der Waals surface area contributed by atoms with Crippen LogP contribution in [0.2, 0.25) is 0 Å². The van der Waals surface area contributed by atoms with Crippen LogP contribution in [0.3, 0.4) is 0 Å². The number of primary amides is 1. The van der Waals surface area contributed by atoms with Gasteiger partial charge < -0.3 is 26.2 Å². The Bertz CT molecular complexity index is 1110. The molecule has 0 unspecified atom stereocenters. The predicted molar refractivity (Wildman–Crippen MR) is 138 cm³/mol. The minimum Gasteiger partial charge on any atom is -0.365 e. The van der Waals surface area contributed by atoms with Gasteiger partial charge >= 0.3 is 0 Å². The van der Waals surface area contributed by atoms with Gasteiger partial charge in [-0.2, -0.15) is 0 Å². The van der Waals surface area contributed by atoms with Crippen LogP contribution in [0.5, 0.6) is 0 Å². The normalized spacial score (nSPS) is 20.7. The summed E-state index contributed by atoms with van der Waals surface area (Å²) in [4.78, 5) is 33.5. The molecule has 2 saturated heterocycles. The van der Waals surface area contributed by atoms with Crippen molar-refractivity contribution < 1.29 is 9.59 Å². The minimum absolute atomic E-state index is 0.0649. The molecule has 2 aromatic rings. The predicted octanol–water partition coefficient (Wildman–Crippen LogP) is 2.83. The molecule has 1 aliphatic carbocycles. The molecule has 5 rings (SSSR count). The number of rotatable bonds is 9. The van der Waals surface area contributed by atoms with E-state index in [2.05, 4.69) is 39.1 Å². The Labute approximate surface area is 206 Å². The van der Waals surface area contributed by atoms with E-state index >= 15 is 0 Å². The van der Waals surface area contributed by atoms with Crippen molar-refractivity contribution in [3.63, 3.8) is 0 Å². The molecule has 2 amide bonds. The van der Waals surface area contributed by atoms with Crippen LogP contribution in [-0.4, -0.2) is 60.5 Å². The first-order valence-corrected chi connectivity index (χ1v) is 12.5. The van der Waals surface area contributed by atoms with Crippen LogP contribution in [0.4, 0.5) is 17.3 Å². The summed E-state index contributed by atoms with van der Waals surface area (Å²) in [5.74, 6) is 0.543. The highest BCUT2D eigenvalue weighted by Gasteiger charge is 2.55. The Morgan fingerprint density at radius 3 is 2.54 bits per heavy atom. The van der Waals surface area contributed by atoms with E-state index in [1.54, 1.807) is 6.07 Å². The van der Waals surface area contributed by atoms with Gasteiger partial charge in [-0.25, -0.2) is 4.98 Å². The molecule has 8 heteroatoms. The van der Waals surface area contributed by atoms with Crippen molar-refractivity contribution in [1.29, 1.82) is 0 Å². The Kier molecular flexibility index (Phi) is 6.47. The zero-order chi connectivity index (χ0) is 24.4. The van der Waals surface area contributed by atoms with E-state index in [9.17, 15) is 9.59 Å². The zero-order valence-corrected chi connectivity index (χ0v) is 20.1. The highest BCUT2D eigenvalue weighted by molar-refractivity contribution is 5.98. The second-order valence-electron chi connectivity index (χ2n) is 10.1. The Hall–Kier alpha value is -3.39. The largest absolute Gasteiger partial charge is 0.365 e. The summed E-state index contributed by atoms with van der Waals surface area (Å²) in [6, 6.07) is 11.9. The molecule has 3 aliphatic rings. The molecule has 8 nitrogen and oxygen atoms in total. The summed E-state index contributed by atoms with van der Waals surface area (Å²) in [6.07, 6.45) is 7.12. The number of benzene rings is 1. The fourth-order valence-corrected chi connectivity index (χ4v) is 5.34. The quantitative estimate of drug-likeness (QED) is 0.483. The van der Waals surface area contributed by atoms with Crippen LogP contribution in [0.15, 0.2) is 49.1 Å². The monoisotopic (exact) mass is 474 g/mol. The Balaban J connectivity index is 1.29. The molecule has 4 N–H and O–H groups in total. The van der Waals surface area contributed by atoms with E-state index in [0.717, 1.165) is 43.9 Å². The van der Waals surface area contributed by atoms with Gasteiger partial charge in [0.05, 0.1) is 11.6 Å². The summed E-state index contributed by atoms with van der Waals surface area (Å²) in [6.45, 7) is 8.57. The van der Waals surface area contributed by atoms with Gasteiger partial charge in [-0.05, 0) is 81.1 Å². The van der Waals surface area contributed by atoms with Gasteiger partial charge in [-0.1, -0.05) is 18.7 Å². The standard InChI is InChI=1S/C27H34N6O2/c1-2-24(34)30-22-17-33(18-27(22)12-13-27)23-10-9-21(25(28)35)26(31-23)29-20-7-5-19(6-8-20)11-16-32-14-3-4-15-32/h2,5-10,22H,1,3-4,11-18H2,(H2,28,35)(H,29,31)(H,30,34)/t22-/m1/s1. The Morgan fingerprint density at radius 2 is 1.89 bits per heavy atom. The second-order valence-corrected chi connectivity index (χ2v) is 10.1. The maximum Gasteiger partial charge on any atom is 0.252 e. The second kappa shape index (κ2) is 9.70. The van der Waals surface area contributed by atoms with Crippen molar-refractivity contribution >= 4 is 29.1 Å². The lowest BCUT2D eigenvalue weighted by atomic mass is 10.0. The van der Waals surface area contributed by atoms with Crippen molar-refractivity contribution in [2.24, 2.45) is 11.1 Å². The first-order valence-electron chi connectivity index (χ1n) is 12.5. The maximum atomic E-state index is 12.1. The molecular formula is C27H34N6O2.